The molecule has 0 aliphatic rings. The Morgan fingerprint density at radius 3 is 2.24 bits per heavy atom. The van der Waals surface area contributed by atoms with Crippen LogP contribution < -0.4 is 15.4 Å². The summed E-state index contributed by atoms with van der Waals surface area (Å²) in [5.41, 5.74) is 0.876. The molecule has 0 fully saturated rings. The SMILES string of the molecule is C=CCN(CC(=O)Nc1ccccc1Oc1ccccc1)S(=O)(=O)c1ccc(NC(C)=O)cc1. The van der Waals surface area contributed by atoms with Crippen LogP contribution in [-0.2, 0) is 19.6 Å². The summed E-state index contributed by atoms with van der Waals surface area (Å²) in [4.78, 5) is 24.0. The lowest BCUT2D eigenvalue weighted by atomic mass is 10.3. The van der Waals surface area contributed by atoms with Crippen LogP contribution in [0.5, 0.6) is 11.5 Å². The summed E-state index contributed by atoms with van der Waals surface area (Å²) in [6.07, 6.45) is 1.41. The van der Waals surface area contributed by atoms with Crippen molar-refractivity contribution in [1.29, 1.82) is 0 Å². The van der Waals surface area contributed by atoms with E-state index in [0.717, 1.165) is 4.31 Å². The molecule has 8 nitrogen and oxygen atoms in total. The van der Waals surface area contributed by atoms with Crippen LogP contribution in [0.2, 0.25) is 0 Å². The van der Waals surface area contributed by atoms with Gasteiger partial charge in [0.05, 0.1) is 17.1 Å². The van der Waals surface area contributed by atoms with Crippen molar-refractivity contribution >= 4 is 33.2 Å². The Bertz CT molecular complexity index is 1260. The van der Waals surface area contributed by atoms with Gasteiger partial charge in [-0.1, -0.05) is 36.4 Å². The van der Waals surface area contributed by atoms with E-state index in [4.69, 9.17) is 4.74 Å². The highest BCUT2D eigenvalue weighted by Gasteiger charge is 2.26. The van der Waals surface area contributed by atoms with Gasteiger partial charge in [-0.2, -0.15) is 4.31 Å². The number of nitrogens with one attached hydrogen (secondary N) is 2. The summed E-state index contributed by atoms with van der Waals surface area (Å²) in [7, 11) is -4.00. The monoisotopic (exact) mass is 479 g/mol. The number of carbonyl (C=O) groups excluding carboxylic acids is 2. The van der Waals surface area contributed by atoms with Crippen molar-refractivity contribution in [2.75, 3.05) is 23.7 Å². The molecule has 9 heteroatoms. The lowest BCUT2D eigenvalue weighted by molar-refractivity contribution is -0.116. The summed E-state index contributed by atoms with van der Waals surface area (Å²) >= 11 is 0. The van der Waals surface area contributed by atoms with Gasteiger partial charge in [-0.25, -0.2) is 8.42 Å². The van der Waals surface area contributed by atoms with Crippen molar-refractivity contribution in [2.24, 2.45) is 0 Å². The van der Waals surface area contributed by atoms with Crippen LogP contribution in [-0.4, -0.2) is 37.6 Å². The molecule has 0 atom stereocenters. The number of rotatable bonds is 10. The van der Waals surface area contributed by atoms with E-state index in [1.54, 1.807) is 36.4 Å². The third kappa shape index (κ3) is 6.53. The molecule has 2 N–H and O–H groups in total. The molecule has 0 bridgehead atoms. The molecule has 34 heavy (non-hydrogen) atoms. The number of carbonyl (C=O) groups is 2. The van der Waals surface area contributed by atoms with E-state index in [9.17, 15) is 18.0 Å². The number of amides is 2. The number of nitrogens with zero attached hydrogens (tertiary/aromatic N) is 1. The average Bonchev–Trinajstić information content (AvgIpc) is 2.81. The number of anilines is 2. The van der Waals surface area contributed by atoms with Gasteiger partial charge in [-0.3, -0.25) is 9.59 Å². The molecule has 176 valence electrons. The van der Waals surface area contributed by atoms with Gasteiger partial charge in [0.15, 0.2) is 5.75 Å². The highest BCUT2D eigenvalue weighted by Crippen LogP contribution is 2.29. The molecule has 0 saturated carbocycles. The summed E-state index contributed by atoms with van der Waals surface area (Å²) in [5, 5.41) is 5.30. The van der Waals surface area contributed by atoms with E-state index in [1.807, 2.05) is 18.2 Å². The number of benzene rings is 3. The molecule has 3 aromatic rings. The van der Waals surface area contributed by atoms with Crippen LogP contribution in [0.1, 0.15) is 6.92 Å². The van der Waals surface area contributed by atoms with Crippen molar-refractivity contribution in [3.63, 3.8) is 0 Å². The van der Waals surface area contributed by atoms with Crippen molar-refractivity contribution in [1.82, 2.24) is 4.31 Å². The zero-order valence-electron chi connectivity index (χ0n) is 18.6. The van der Waals surface area contributed by atoms with Crippen LogP contribution in [0.3, 0.4) is 0 Å². The molecule has 0 unspecified atom stereocenters. The van der Waals surface area contributed by atoms with Gasteiger partial charge in [0.1, 0.15) is 5.75 Å². The Hall–Kier alpha value is -3.95. The molecule has 0 heterocycles. The third-order valence-electron chi connectivity index (χ3n) is 4.60. The Morgan fingerprint density at radius 1 is 0.941 bits per heavy atom. The van der Waals surface area contributed by atoms with Gasteiger partial charge >= 0.3 is 0 Å². The van der Waals surface area contributed by atoms with E-state index in [-0.39, 0.29) is 17.3 Å². The first-order valence-electron chi connectivity index (χ1n) is 10.4. The molecule has 0 spiro atoms. The fourth-order valence-electron chi connectivity index (χ4n) is 3.08. The fraction of sp³-hybridized carbons (Fsp3) is 0.120. The molecule has 0 aliphatic carbocycles. The molecule has 0 radical (unpaired) electrons. The second kappa shape index (κ2) is 11.3. The van der Waals surface area contributed by atoms with Crippen molar-refractivity contribution in [3.8, 4) is 11.5 Å². The van der Waals surface area contributed by atoms with Crippen molar-refractivity contribution in [3.05, 3.63) is 91.5 Å². The fourth-order valence-corrected chi connectivity index (χ4v) is 4.45. The van der Waals surface area contributed by atoms with Crippen LogP contribution in [0.4, 0.5) is 11.4 Å². The lowest BCUT2D eigenvalue weighted by Crippen LogP contribution is -2.38. The highest BCUT2D eigenvalue weighted by molar-refractivity contribution is 7.89. The van der Waals surface area contributed by atoms with Crippen LogP contribution in [0.15, 0.2) is 96.4 Å². The number of hydrogen-bond acceptors (Lipinski definition) is 5. The maximum Gasteiger partial charge on any atom is 0.243 e. The van der Waals surface area contributed by atoms with Gasteiger partial charge in [-0.05, 0) is 48.5 Å². The second-order valence-electron chi connectivity index (χ2n) is 7.25. The number of hydrogen-bond donors (Lipinski definition) is 2. The molecular weight excluding hydrogens is 454 g/mol. The summed E-state index contributed by atoms with van der Waals surface area (Å²) in [6, 6.07) is 21.7. The Morgan fingerprint density at radius 2 is 1.59 bits per heavy atom. The van der Waals surface area contributed by atoms with Gasteiger partial charge in [0, 0.05) is 19.2 Å². The quantitative estimate of drug-likeness (QED) is 0.423. The van der Waals surface area contributed by atoms with Gasteiger partial charge < -0.3 is 15.4 Å². The highest BCUT2D eigenvalue weighted by atomic mass is 32.2. The van der Waals surface area contributed by atoms with E-state index in [1.165, 1.54) is 37.3 Å². The molecule has 0 saturated heterocycles. The smallest absolute Gasteiger partial charge is 0.243 e. The van der Waals surface area contributed by atoms with E-state index in [0.29, 0.717) is 22.9 Å². The molecule has 3 rings (SSSR count). The predicted octanol–water partition coefficient (Wildman–Crippen LogP) is 4.25. The first-order chi connectivity index (χ1) is 16.3. The summed E-state index contributed by atoms with van der Waals surface area (Å²) in [5.74, 6) is 0.220. The minimum absolute atomic E-state index is 0.0101. The Balaban J connectivity index is 1.75. The average molecular weight is 480 g/mol. The zero-order valence-corrected chi connectivity index (χ0v) is 19.4. The first-order valence-corrected chi connectivity index (χ1v) is 11.8. The lowest BCUT2D eigenvalue weighted by Gasteiger charge is -2.21. The van der Waals surface area contributed by atoms with E-state index >= 15 is 0 Å². The van der Waals surface area contributed by atoms with Crippen LogP contribution >= 0.6 is 0 Å². The Labute approximate surface area is 198 Å². The predicted molar refractivity (Wildman–Crippen MR) is 131 cm³/mol. The standard InChI is InChI=1S/C25H25N3O5S/c1-3-17-28(34(31,32)22-15-13-20(14-16-22)26-19(2)29)18-25(30)27-23-11-7-8-12-24(23)33-21-9-5-4-6-10-21/h3-16H,1,17-18H2,2H3,(H,26,29)(H,27,30). The summed E-state index contributed by atoms with van der Waals surface area (Å²) in [6.45, 7) is 4.47. The topological polar surface area (TPSA) is 105 Å². The number of sulfonamides is 1. The summed E-state index contributed by atoms with van der Waals surface area (Å²) < 4.78 is 33.1. The normalized spacial score (nSPS) is 11.0. The molecule has 0 aromatic heterocycles. The van der Waals surface area contributed by atoms with E-state index < -0.39 is 22.5 Å². The molecule has 0 aliphatic heterocycles. The molecule has 2 amide bonds. The van der Waals surface area contributed by atoms with Crippen LogP contribution in [0.25, 0.3) is 0 Å². The maximum absolute atomic E-state index is 13.1. The Kier molecular flexibility index (Phi) is 8.18. The minimum Gasteiger partial charge on any atom is -0.455 e. The van der Waals surface area contributed by atoms with Gasteiger partial charge in [-0.15, -0.1) is 6.58 Å². The third-order valence-corrected chi connectivity index (χ3v) is 6.42. The van der Waals surface area contributed by atoms with E-state index in [2.05, 4.69) is 17.2 Å². The zero-order chi connectivity index (χ0) is 24.6. The number of ether oxygens (including phenoxy) is 1. The molecule has 3 aromatic carbocycles. The first kappa shape index (κ1) is 24.7. The van der Waals surface area contributed by atoms with Gasteiger partial charge in [0.2, 0.25) is 21.8 Å². The van der Waals surface area contributed by atoms with Crippen molar-refractivity contribution < 1.29 is 22.7 Å². The molecular formula is C25H25N3O5S. The van der Waals surface area contributed by atoms with Crippen molar-refractivity contribution in [2.45, 2.75) is 11.8 Å². The largest absolute Gasteiger partial charge is 0.455 e. The van der Waals surface area contributed by atoms with Gasteiger partial charge in [0.25, 0.3) is 0 Å². The minimum atomic E-state index is -4.00. The maximum atomic E-state index is 13.1. The van der Waals surface area contributed by atoms with Crippen LogP contribution in [0, 0.1) is 0 Å². The number of para-hydroxylation sites is 3. The second-order valence-corrected chi connectivity index (χ2v) is 9.19.